The Kier molecular flexibility index (Phi) is 36.1. The van der Waals surface area contributed by atoms with Gasteiger partial charge in [0.25, 0.3) is 0 Å². The number of carboxylic acids is 2. The highest BCUT2D eigenvalue weighted by Gasteiger charge is 2.26. The second kappa shape index (κ2) is 34.0. The van der Waals surface area contributed by atoms with Crippen molar-refractivity contribution in [2.45, 2.75) is 122 Å². The number of allylic oxidation sites excluding steroid dienone is 2. The molecule has 0 saturated carbocycles. The maximum atomic E-state index is 10.4. The molecule has 0 bridgehead atoms. The van der Waals surface area contributed by atoms with Gasteiger partial charge >= 0.3 is 11.9 Å². The highest BCUT2D eigenvalue weighted by molar-refractivity contribution is 5.87. The van der Waals surface area contributed by atoms with Crippen LogP contribution >= 0.6 is 0 Å². The normalized spacial score (nSPS) is 14.0. The molecular weight excluding hydrogens is 508 g/mol. The second-order valence-corrected chi connectivity index (χ2v) is 9.26. The first-order valence-electron chi connectivity index (χ1n) is 14.3. The third kappa shape index (κ3) is 38.2. The van der Waals surface area contributed by atoms with Gasteiger partial charge in [-0.15, -0.1) is 0 Å². The van der Waals surface area contributed by atoms with E-state index in [9.17, 15) is 14.4 Å². The van der Waals surface area contributed by atoms with Gasteiger partial charge in [0.2, 0.25) is 5.91 Å². The Labute approximate surface area is 234 Å². The molecule has 0 aromatic carbocycles. The SMILES string of the molecule is CCCCCCCC/C=C\CCCCCCCC(=O)O.NCCO.O=C1CC[C@@H](C(=O)O)N1.OCC(O)CO. The van der Waals surface area contributed by atoms with Gasteiger partial charge in [-0.3, -0.25) is 9.59 Å². The van der Waals surface area contributed by atoms with Crippen molar-refractivity contribution in [1.29, 1.82) is 0 Å². The zero-order valence-corrected chi connectivity index (χ0v) is 23.9. The second-order valence-electron chi connectivity index (χ2n) is 9.26. The molecule has 1 saturated heterocycles. The molecule has 1 aliphatic rings. The highest BCUT2D eigenvalue weighted by atomic mass is 16.4. The van der Waals surface area contributed by atoms with Crippen molar-refractivity contribution < 1.29 is 45.0 Å². The third-order valence-electron chi connectivity index (χ3n) is 5.50. The molecular formula is C28H56N2O9. The fourth-order valence-electron chi connectivity index (χ4n) is 3.20. The molecule has 0 unspecified atom stereocenters. The van der Waals surface area contributed by atoms with E-state index in [1.54, 1.807) is 0 Å². The number of hydrogen-bond donors (Lipinski definition) is 8. The summed E-state index contributed by atoms with van der Waals surface area (Å²) >= 11 is 0. The minimum Gasteiger partial charge on any atom is -0.481 e. The number of carbonyl (C=O) groups is 3. The number of amides is 1. The van der Waals surface area contributed by atoms with Gasteiger partial charge in [-0.2, -0.15) is 0 Å². The molecule has 0 radical (unpaired) electrons. The molecule has 11 heteroatoms. The molecule has 1 fully saturated rings. The molecule has 1 aliphatic heterocycles. The Balaban J connectivity index is -0.000000553. The summed E-state index contributed by atoms with van der Waals surface area (Å²) in [6.07, 6.45) is 21.1. The minimum atomic E-state index is -0.954. The zero-order valence-electron chi connectivity index (χ0n) is 23.9. The van der Waals surface area contributed by atoms with Crippen LogP contribution in [-0.4, -0.2) is 87.0 Å². The van der Waals surface area contributed by atoms with Crippen molar-refractivity contribution in [2.75, 3.05) is 26.4 Å². The Hall–Kier alpha value is -2.05. The van der Waals surface area contributed by atoms with Crippen molar-refractivity contribution in [1.82, 2.24) is 5.32 Å². The van der Waals surface area contributed by atoms with Crippen LogP contribution < -0.4 is 11.1 Å². The lowest BCUT2D eigenvalue weighted by Crippen LogP contribution is -2.32. The molecule has 39 heavy (non-hydrogen) atoms. The van der Waals surface area contributed by atoms with Crippen LogP contribution in [0.25, 0.3) is 0 Å². The maximum absolute atomic E-state index is 10.4. The summed E-state index contributed by atoms with van der Waals surface area (Å²) in [6.45, 7) is 2.00. The predicted octanol–water partition coefficient (Wildman–Crippen LogP) is 2.73. The van der Waals surface area contributed by atoms with Gasteiger partial charge < -0.3 is 41.7 Å². The topological polar surface area (TPSA) is 211 Å². The number of nitrogens with one attached hydrogen (secondary N) is 1. The van der Waals surface area contributed by atoms with Gasteiger partial charge in [-0.25, -0.2) is 4.79 Å². The van der Waals surface area contributed by atoms with Crippen LogP contribution in [0, 0.1) is 0 Å². The third-order valence-corrected chi connectivity index (χ3v) is 5.50. The minimum absolute atomic E-state index is 0.0972. The first kappa shape index (κ1) is 41.4. The lowest BCUT2D eigenvalue weighted by Gasteiger charge is -1.99. The summed E-state index contributed by atoms with van der Waals surface area (Å²) in [5.41, 5.74) is 4.78. The van der Waals surface area contributed by atoms with Crippen molar-refractivity contribution in [3.05, 3.63) is 12.2 Å². The Morgan fingerprint density at radius 2 is 1.36 bits per heavy atom. The van der Waals surface area contributed by atoms with Gasteiger partial charge in [0.1, 0.15) is 12.1 Å². The molecule has 11 nitrogen and oxygen atoms in total. The van der Waals surface area contributed by atoms with E-state index in [1.165, 1.54) is 70.6 Å². The van der Waals surface area contributed by atoms with Crippen LogP contribution in [-0.2, 0) is 14.4 Å². The van der Waals surface area contributed by atoms with E-state index in [-0.39, 0.29) is 25.7 Å². The van der Waals surface area contributed by atoms with E-state index in [1.807, 2.05) is 0 Å². The first-order chi connectivity index (χ1) is 18.7. The average molecular weight is 565 g/mol. The molecule has 0 aromatic heterocycles. The Bertz CT molecular complexity index is 583. The average Bonchev–Trinajstić information content (AvgIpc) is 3.37. The number of aliphatic hydroxyl groups excluding tert-OH is 4. The van der Waals surface area contributed by atoms with E-state index in [0.717, 1.165) is 12.8 Å². The van der Waals surface area contributed by atoms with Crippen LogP contribution in [0.5, 0.6) is 0 Å². The highest BCUT2D eigenvalue weighted by Crippen LogP contribution is 2.10. The van der Waals surface area contributed by atoms with Crippen LogP contribution in [0.15, 0.2) is 12.2 Å². The van der Waals surface area contributed by atoms with Gasteiger partial charge in [0, 0.05) is 19.4 Å². The number of rotatable bonds is 19. The largest absolute Gasteiger partial charge is 0.481 e. The summed E-state index contributed by atoms with van der Waals surface area (Å²) < 4.78 is 0. The van der Waals surface area contributed by atoms with E-state index in [0.29, 0.717) is 25.8 Å². The summed E-state index contributed by atoms with van der Waals surface area (Å²) in [6, 6.07) is -0.641. The van der Waals surface area contributed by atoms with E-state index >= 15 is 0 Å². The number of aliphatic hydroxyl groups is 4. The van der Waals surface area contributed by atoms with Crippen LogP contribution in [0.1, 0.15) is 110 Å². The predicted molar refractivity (Wildman–Crippen MR) is 152 cm³/mol. The van der Waals surface area contributed by atoms with Gasteiger partial charge in [-0.1, -0.05) is 70.4 Å². The summed E-state index contributed by atoms with van der Waals surface area (Å²) in [5, 5.41) is 50.9. The van der Waals surface area contributed by atoms with Gasteiger partial charge in [0.05, 0.1) is 19.8 Å². The van der Waals surface area contributed by atoms with E-state index in [2.05, 4.69) is 24.4 Å². The van der Waals surface area contributed by atoms with Crippen molar-refractivity contribution in [3.8, 4) is 0 Å². The Morgan fingerprint density at radius 3 is 1.67 bits per heavy atom. The van der Waals surface area contributed by atoms with Crippen LogP contribution in [0.3, 0.4) is 0 Å². The fourth-order valence-corrected chi connectivity index (χ4v) is 3.20. The summed E-state index contributed by atoms with van der Waals surface area (Å²) in [4.78, 5) is 30.8. The van der Waals surface area contributed by atoms with Crippen molar-refractivity contribution in [2.24, 2.45) is 5.73 Å². The van der Waals surface area contributed by atoms with Gasteiger partial charge in [-0.05, 0) is 38.5 Å². The Morgan fingerprint density at radius 1 is 0.897 bits per heavy atom. The first-order valence-corrected chi connectivity index (χ1v) is 14.3. The zero-order chi connectivity index (χ0) is 30.2. The standard InChI is InChI=1S/C18H34O2.C5H7NO3.C3H8O3.C2H7NO/c1-2-3-4-5-6-7-8-9-10-11-12-13-14-15-16-17-18(19)20;7-4-2-1-3(6-4)5(8)9;4-1-3(6)2-5;3-1-2-4/h9-10H,2-8,11-17H2,1H3,(H,19,20);3H,1-2H2,(H,6,7)(H,8,9);3-6H,1-2H2;4H,1-3H2/b10-9-;;;/t;3-;;/m.0../s1. The smallest absolute Gasteiger partial charge is 0.326 e. The molecule has 1 rings (SSSR count). The number of unbranched alkanes of at least 4 members (excludes halogenated alkanes) is 11. The molecule has 0 aliphatic carbocycles. The van der Waals surface area contributed by atoms with Crippen LogP contribution in [0.2, 0.25) is 0 Å². The lowest BCUT2D eigenvalue weighted by molar-refractivity contribution is -0.140. The van der Waals surface area contributed by atoms with Gasteiger partial charge in [0.15, 0.2) is 0 Å². The summed E-state index contributed by atoms with van der Waals surface area (Å²) in [7, 11) is 0. The number of carbonyl (C=O) groups excluding carboxylic acids is 1. The number of hydrogen-bond acceptors (Lipinski definition) is 8. The number of aliphatic carboxylic acids is 2. The molecule has 0 spiro atoms. The monoisotopic (exact) mass is 564 g/mol. The number of nitrogens with two attached hydrogens (primary N) is 1. The molecule has 0 aromatic rings. The molecule has 1 amide bonds. The van der Waals surface area contributed by atoms with Crippen molar-refractivity contribution in [3.63, 3.8) is 0 Å². The summed E-state index contributed by atoms with van der Waals surface area (Å²) in [5.74, 6) is -1.77. The van der Waals surface area contributed by atoms with Crippen LogP contribution in [0.4, 0.5) is 0 Å². The number of carboxylic acid groups (broad SMARTS) is 2. The molecule has 9 N–H and O–H groups in total. The van der Waals surface area contributed by atoms with E-state index in [4.69, 9.17) is 36.4 Å². The maximum Gasteiger partial charge on any atom is 0.326 e. The molecule has 1 heterocycles. The molecule has 1 atom stereocenters. The fraction of sp³-hybridized carbons (Fsp3) is 0.821. The lowest BCUT2D eigenvalue weighted by atomic mass is 10.1. The molecule has 232 valence electrons. The van der Waals surface area contributed by atoms with Crippen molar-refractivity contribution >= 4 is 17.8 Å². The quantitative estimate of drug-likeness (QED) is 0.0848. The van der Waals surface area contributed by atoms with E-state index < -0.39 is 24.1 Å².